The number of nitrogens with one attached hydrogen (secondary N) is 2. The highest BCUT2D eigenvalue weighted by Gasteiger charge is 2.05. The van der Waals surface area contributed by atoms with Gasteiger partial charge < -0.3 is 5.32 Å². The van der Waals surface area contributed by atoms with Crippen molar-refractivity contribution in [3.8, 4) is 0 Å². The van der Waals surface area contributed by atoms with Gasteiger partial charge in [0.2, 0.25) is 0 Å². The fourth-order valence-corrected chi connectivity index (χ4v) is 2.92. The molecule has 0 saturated heterocycles. The molecule has 3 aromatic carbocycles. The zero-order valence-electron chi connectivity index (χ0n) is 13.8. The predicted molar refractivity (Wildman–Crippen MR) is 108 cm³/mol. The molecule has 0 aromatic heterocycles. The van der Waals surface area contributed by atoms with Crippen molar-refractivity contribution in [3.63, 3.8) is 0 Å². The highest BCUT2D eigenvalue weighted by molar-refractivity contribution is 7.80. The third-order valence-electron chi connectivity index (χ3n) is 3.99. The van der Waals surface area contributed by atoms with E-state index < -0.39 is 0 Å². The molecule has 0 aliphatic rings. The molecule has 24 heavy (non-hydrogen) atoms. The average molecular weight is 335 g/mol. The Labute approximate surface area is 147 Å². The molecule has 0 saturated carbocycles. The SMILES string of the molecule is CCCCNC(=S)N/N=C\c1c2ccccc2cc2ccccc12. The summed E-state index contributed by atoms with van der Waals surface area (Å²) < 4.78 is 0. The number of rotatable bonds is 5. The van der Waals surface area contributed by atoms with Crippen LogP contribution in [-0.4, -0.2) is 17.9 Å². The highest BCUT2D eigenvalue weighted by atomic mass is 32.1. The molecule has 0 bridgehead atoms. The van der Waals surface area contributed by atoms with Crippen LogP contribution in [0.3, 0.4) is 0 Å². The number of nitrogens with zero attached hydrogens (tertiary/aromatic N) is 1. The Balaban J connectivity index is 1.89. The van der Waals surface area contributed by atoms with Crippen molar-refractivity contribution in [3.05, 3.63) is 60.2 Å². The molecule has 0 amide bonds. The lowest BCUT2D eigenvalue weighted by atomic mass is 9.97. The van der Waals surface area contributed by atoms with Crippen molar-refractivity contribution >= 4 is 45.1 Å². The van der Waals surface area contributed by atoms with Crippen LogP contribution in [0.2, 0.25) is 0 Å². The molecule has 2 N–H and O–H groups in total. The molecule has 0 aliphatic carbocycles. The first kappa shape index (κ1) is 16.4. The highest BCUT2D eigenvalue weighted by Crippen LogP contribution is 2.27. The van der Waals surface area contributed by atoms with Gasteiger partial charge in [0.15, 0.2) is 5.11 Å². The van der Waals surface area contributed by atoms with Crippen molar-refractivity contribution in [1.82, 2.24) is 10.7 Å². The maximum absolute atomic E-state index is 5.24. The number of unbranched alkanes of at least 4 members (excludes halogenated alkanes) is 1. The Kier molecular flexibility index (Phi) is 5.39. The summed E-state index contributed by atoms with van der Waals surface area (Å²) >= 11 is 5.24. The van der Waals surface area contributed by atoms with Gasteiger partial charge in [-0.15, -0.1) is 0 Å². The van der Waals surface area contributed by atoms with Crippen molar-refractivity contribution < 1.29 is 0 Å². The Hall–Kier alpha value is -2.46. The molecule has 0 spiro atoms. The average Bonchev–Trinajstić information content (AvgIpc) is 2.61. The summed E-state index contributed by atoms with van der Waals surface area (Å²) in [5, 5.41) is 12.8. The van der Waals surface area contributed by atoms with E-state index in [1.54, 1.807) is 0 Å². The Bertz CT molecular complexity index is 832. The second-order valence-corrected chi connectivity index (χ2v) is 6.12. The summed E-state index contributed by atoms with van der Waals surface area (Å²) in [6.45, 7) is 3.02. The van der Waals surface area contributed by atoms with Gasteiger partial charge >= 0.3 is 0 Å². The van der Waals surface area contributed by atoms with E-state index in [1.165, 1.54) is 21.5 Å². The van der Waals surface area contributed by atoms with Crippen molar-refractivity contribution in [2.75, 3.05) is 6.54 Å². The Morgan fingerprint density at radius 2 is 1.67 bits per heavy atom. The van der Waals surface area contributed by atoms with Crippen molar-refractivity contribution in [2.45, 2.75) is 19.8 Å². The smallest absolute Gasteiger partial charge is 0.186 e. The quantitative estimate of drug-likeness (QED) is 0.235. The van der Waals surface area contributed by atoms with E-state index in [1.807, 2.05) is 6.21 Å². The zero-order valence-corrected chi connectivity index (χ0v) is 14.6. The van der Waals surface area contributed by atoms with Gasteiger partial charge in [-0.2, -0.15) is 5.10 Å². The van der Waals surface area contributed by atoms with Gasteiger partial charge in [0, 0.05) is 12.1 Å². The lowest BCUT2D eigenvalue weighted by Crippen LogP contribution is -2.32. The minimum atomic E-state index is 0.559. The predicted octanol–water partition coefficient (Wildman–Crippen LogP) is 4.59. The van der Waals surface area contributed by atoms with Gasteiger partial charge in [-0.3, -0.25) is 5.43 Å². The minimum absolute atomic E-state index is 0.559. The minimum Gasteiger partial charge on any atom is -0.361 e. The number of hydrogen-bond acceptors (Lipinski definition) is 2. The molecule has 0 atom stereocenters. The summed E-state index contributed by atoms with van der Waals surface area (Å²) in [5.41, 5.74) is 4.01. The third kappa shape index (κ3) is 3.71. The number of fused-ring (bicyclic) bond motifs is 2. The van der Waals surface area contributed by atoms with Crippen LogP contribution in [-0.2, 0) is 0 Å². The molecule has 3 aromatic rings. The first-order chi connectivity index (χ1) is 11.8. The molecule has 3 nitrogen and oxygen atoms in total. The molecular weight excluding hydrogens is 314 g/mol. The van der Waals surface area contributed by atoms with Gasteiger partial charge in [0.25, 0.3) is 0 Å². The second kappa shape index (κ2) is 7.88. The summed E-state index contributed by atoms with van der Waals surface area (Å²) in [7, 11) is 0. The van der Waals surface area contributed by atoms with Gasteiger partial charge in [0.05, 0.1) is 6.21 Å². The molecule has 0 heterocycles. The third-order valence-corrected chi connectivity index (χ3v) is 4.22. The van der Waals surface area contributed by atoms with E-state index in [-0.39, 0.29) is 0 Å². The van der Waals surface area contributed by atoms with E-state index in [0.29, 0.717) is 5.11 Å². The molecule has 3 rings (SSSR count). The Morgan fingerprint density at radius 1 is 1.04 bits per heavy atom. The number of hydrogen-bond donors (Lipinski definition) is 2. The van der Waals surface area contributed by atoms with E-state index >= 15 is 0 Å². The lowest BCUT2D eigenvalue weighted by Gasteiger charge is -2.09. The van der Waals surface area contributed by atoms with Crippen LogP contribution in [0.4, 0.5) is 0 Å². The van der Waals surface area contributed by atoms with E-state index in [4.69, 9.17) is 12.2 Å². The second-order valence-electron chi connectivity index (χ2n) is 5.71. The van der Waals surface area contributed by atoms with Gasteiger partial charge in [-0.1, -0.05) is 61.9 Å². The first-order valence-electron chi connectivity index (χ1n) is 8.27. The van der Waals surface area contributed by atoms with Crippen LogP contribution in [0.25, 0.3) is 21.5 Å². The maximum Gasteiger partial charge on any atom is 0.186 e. The molecule has 0 radical (unpaired) electrons. The molecule has 122 valence electrons. The Morgan fingerprint density at radius 3 is 2.29 bits per heavy atom. The van der Waals surface area contributed by atoms with Gasteiger partial charge in [-0.25, -0.2) is 0 Å². The lowest BCUT2D eigenvalue weighted by molar-refractivity contribution is 0.745. The van der Waals surface area contributed by atoms with E-state index in [0.717, 1.165) is 24.9 Å². The van der Waals surface area contributed by atoms with Crippen LogP contribution in [0.15, 0.2) is 59.7 Å². The maximum atomic E-state index is 5.24. The summed E-state index contributed by atoms with van der Waals surface area (Å²) in [6, 6.07) is 18.9. The van der Waals surface area contributed by atoms with Crippen molar-refractivity contribution in [2.24, 2.45) is 5.10 Å². The molecule has 4 heteroatoms. The number of hydrazone groups is 1. The number of benzene rings is 3. The largest absolute Gasteiger partial charge is 0.361 e. The first-order valence-corrected chi connectivity index (χ1v) is 8.68. The molecule has 0 aliphatic heterocycles. The summed E-state index contributed by atoms with van der Waals surface area (Å²) in [6.07, 6.45) is 4.10. The van der Waals surface area contributed by atoms with E-state index in [9.17, 15) is 0 Å². The summed E-state index contributed by atoms with van der Waals surface area (Å²) in [4.78, 5) is 0. The van der Waals surface area contributed by atoms with Crippen LogP contribution in [0, 0.1) is 0 Å². The van der Waals surface area contributed by atoms with Crippen molar-refractivity contribution in [1.29, 1.82) is 0 Å². The molecule has 0 fully saturated rings. The topological polar surface area (TPSA) is 36.4 Å². The van der Waals surface area contributed by atoms with Crippen LogP contribution < -0.4 is 10.7 Å². The fraction of sp³-hybridized carbons (Fsp3) is 0.200. The fourth-order valence-electron chi connectivity index (χ4n) is 2.76. The molecular formula is C20H21N3S. The zero-order chi connectivity index (χ0) is 16.8. The van der Waals surface area contributed by atoms with Crippen LogP contribution in [0.1, 0.15) is 25.3 Å². The standard InChI is InChI=1S/C20H21N3S/c1-2-3-12-21-20(24)23-22-14-19-17-10-6-4-8-15(17)13-16-9-5-7-11-18(16)19/h4-11,13-14H,2-3,12H2,1H3,(H2,21,23,24)/b22-14-. The van der Waals surface area contributed by atoms with Crippen LogP contribution >= 0.6 is 12.2 Å². The van der Waals surface area contributed by atoms with Crippen LogP contribution in [0.5, 0.6) is 0 Å². The monoisotopic (exact) mass is 335 g/mol. The number of thiocarbonyl (C=S) groups is 1. The van der Waals surface area contributed by atoms with Gasteiger partial charge in [0.1, 0.15) is 0 Å². The molecule has 0 unspecified atom stereocenters. The summed E-state index contributed by atoms with van der Waals surface area (Å²) in [5.74, 6) is 0. The normalized spacial score (nSPS) is 11.2. The van der Waals surface area contributed by atoms with Gasteiger partial charge in [-0.05, 0) is 46.2 Å². The van der Waals surface area contributed by atoms with E-state index in [2.05, 4.69) is 77.4 Å².